The Hall–Kier alpha value is -2.89. The number of ether oxygens (including phenoxy) is 1. The van der Waals surface area contributed by atoms with Crippen molar-refractivity contribution in [2.45, 2.75) is 45.1 Å². The number of amides is 1. The number of hydrogen-bond acceptors (Lipinski definition) is 4. The van der Waals surface area contributed by atoms with E-state index in [1.54, 1.807) is 35.4 Å². The van der Waals surface area contributed by atoms with Crippen molar-refractivity contribution in [1.29, 1.82) is 0 Å². The molecule has 1 fully saturated rings. The van der Waals surface area contributed by atoms with E-state index in [1.165, 1.54) is 0 Å². The van der Waals surface area contributed by atoms with Gasteiger partial charge in [0.15, 0.2) is 0 Å². The van der Waals surface area contributed by atoms with Gasteiger partial charge in [-0.2, -0.15) is 0 Å². The molecule has 1 N–H and O–H groups in total. The Kier molecular flexibility index (Phi) is 5.68. The van der Waals surface area contributed by atoms with E-state index >= 15 is 0 Å². The van der Waals surface area contributed by atoms with E-state index in [0.717, 1.165) is 29.7 Å². The van der Waals surface area contributed by atoms with Crippen LogP contribution in [0.4, 0.5) is 4.79 Å². The second-order valence-corrected chi connectivity index (χ2v) is 8.12. The lowest BCUT2D eigenvalue weighted by Gasteiger charge is -2.34. The summed E-state index contributed by atoms with van der Waals surface area (Å²) in [5, 5.41) is 9.00. The predicted octanol–water partition coefficient (Wildman–Crippen LogP) is 4.56. The van der Waals surface area contributed by atoms with Gasteiger partial charge in [0, 0.05) is 36.5 Å². The van der Waals surface area contributed by atoms with Gasteiger partial charge >= 0.3 is 12.1 Å². The summed E-state index contributed by atoms with van der Waals surface area (Å²) in [6, 6.07) is 10.7. The lowest BCUT2D eigenvalue weighted by Crippen LogP contribution is -2.42. The van der Waals surface area contributed by atoms with Gasteiger partial charge in [0.2, 0.25) is 0 Å². The Labute approximate surface area is 165 Å². The fourth-order valence-corrected chi connectivity index (χ4v) is 3.33. The summed E-state index contributed by atoms with van der Waals surface area (Å²) < 4.78 is 5.49. The number of carbonyl (C=O) groups excluding carboxylic acids is 1. The molecule has 6 nitrogen and oxygen atoms in total. The first-order valence-corrected chi connectivity index (χ1v) is 9.50. The molecule has 0 unspecified atom stereocenters. The van der Waals surface area contributed by atoms with E-state index in [9.17, 15) is 9.59 Å². The summed E-state index contributed by atoms with van der Waals surface area (Å²) in [4.78, 5) is 29.7. The molecule has 2 aromatic rings. The maximum absolute atomic E-state index is 12.3. The van der Waals surface area contributed by atoms with Crippen LogP contribution < -0.4 is 0 Å². The van der Waals surface area contributed by atoms with Crippen LogP contribution in [0, 0.1) is 0 Å². The number of piperidine rings is 1. The highest BCUT2D eigenvalue weighted by atomic mass is 16.6. The molecule has 1 saturated heterocycles. The molecular formula is C22H26N2O4. The summed E-state index contributed by atoms with van der Waals surface area (Å²) in [6.45, 7) is 6.93. The van der Waals surface area contributed by atoms with Crippen LogP contribution in [0.25, 0.3) is 11.1 Å². The number of likely N-dealkylation sites (tertiary alicyclic amines) is 1. The third kappa shape index (κ3) is 4.88. The summed E-state index contributed by atoms with van der Waals surface area (Å²) >= 11 is 0. The van der Waals surface area contributed by atoms with Gasteiger partial charge in [-0.3, -0.25) is 4.98 Å². The van der Waals surface area contributed by atoms with E-state index in [2.05, 4.69) is 4.98 Å². The monoisotopic (exact) mass is 382 g/mol. The zero-order chi connectivity index (χ0) is 20.3. The number of carboxylic acids is 1. The Morgan fingerprint density at radius 2 is 1.79 bits per heavy atom. The first-order chi connectivity index (χ1) is 13.2. The number of aromatic carboxylic acids is 1. The highest BCUT2D eigenvalue weighted by Gasteiger charge is 2.28. The third-order valence-corrected chi connectivity index (χ3v) is 4.74. The minimum atomic E-state index is -0.938. The van der Waals surface area contributed by atoms with Crippen LogP contribution in [-0.4, -0.2) is 45.7 Å². The average Bonchev–Trinajstić information content (AvgIpc) is 2.67. The SMILES string of the molecule is CC(C)(C)OC(=O)N1CCC[C@@H](c2ccc(-c3ccc(C(=O)O)cc3)cn2)C1. The molecule has 1 aliphatic heterocycles. The van der Waals surface area contributed by atoms with Gasteiger partial charge in [-0.15, -0.1) is 0 Å². The van der Waals surface area contributed by atoms with Gasteiger partial charge in [0.05, 0.1) is 5.56 Å². The second kappa shape index (κ2) is 8.00. The minimum absolute atomic E-state index is 0.185. The maximum atomic E-state index is 12.3. The lowest BCUT2D eigenvalue weighted by molar-refractivity contribution is 0.0197. The highest BCUT2D eigenvalue weighted by molar-refractivity contribution is 5.88. The van der Waals surface area contributed by atoms with Crippen molar-refractivity contribution >= 4 is 12.1 Å². The number of carboxylic acid groups (broad SMARTS) is 1. The van der Waals surface area contributed by atoms with Crippen LogP contribution in [0.2, 0.25) is 0 Å². The van der Waals surface area contributed by atoms with E-state index in [1.807, 2.05) is 32.9 Å². The van der Waals surface area contributed by atoms with E-state index < -0.39 is 11.6 Å². The minimum Gasteiger partial charge on any atom is -0.478 e. The van der Waals surface area contributed by atoms with Crippen LogP contribution in [0.5, 0.6) is 0 Å². The number of nitrogens with zero attached hydrogens (tertiary/aromatic N) is 2. The average molecular weight is 382 g/mol. The van der Waals surface area contributed by atoms with Crippen LogP contribution in [-0.2, 0) is 4.74 Å². The molecule has 2 heterocycles. The van der Waals surface area contributed by atoms with Crippen molar-refractivity contribution in [3.05, 3.63) is 53.9 Å². The quantitative estimate of drug-likeness (QED) is 0.842. The topological polar surface area (TPSA) is 79.7 Å². The number of benzene rings is 1. The first kappa shape index (κ1) is 19.9. The number of aromatic nitrogens is 1. The zero-order valence-electron chi connectivity index (χ0n) is 16.5. The summed E-state index contributed by atoms with van der Waals surface area (Å²) in [5.74, 6) is -0.753. The van der Waals surface area contributed by atoms with E-state index in [0.29, 0.717) is 13.1 Å². The second-order valence-electron chi connectivity index (χ2n) is 8.12. The van der Waals surface area contributed by atoms with Gasteiger partial charge < -0.3 is 14.7 Å². The van der Waals surface area contributed by atoms with Gasteiger partial charge in [0.25, 0.3) is 0 Å². The van der Waals surface area contributed by atoms with Crippen molar-refractivity contribution in [2.24, 2.45) is 0 Å². The van der Waals surface area contributed by atoms with E-state index in [4.69, 9.17) is 9.84 Å². The van der Waals surface area contributed by atoms with Crippen LogP contribution in [0.15, 0.2) is 42.6 Å². The molecule has 6 heteroatoms. The van der Waals surface area contributed by atoms with Crippen LogP contribution >= 0.6 is 0 Å². The number of hydrogen-bond donors (Lipinski definition) is 1. The smallest absolute Gasteiger partial charge is 0.410 e. The third-order valence-electron chi connectivity index (χ3n) is 4.74. The van der Waals surface area contributed by atoms with Gasteiger partial charge in [-0.05, 0) is 57.4 Å². The Morgan fingerprint density at radius 3 is 2.36 bits per heavy atom. The summed E-state index contributed by atoms with van der Waals surface area (Å²) in [5.41, 5.74) is 2.57. The molecule has 1 aliphatic rings. The van der Waals surface area contributed by atoms with Crippen molar-refractivity contribution in [3.8, 4) is 11.1 Å². The number of pyridine rings is 1. The molecule has 0 aliphatic carbocycles. The number of rotatable bonds is 3. The molecule has 3 rings (SSSR count). The predicted molar refractivity (Wildman–Crippen MR) is 106 cm³/mol. The van der Waals surface area contributed by atoms with E-state index in [-0.39, 0.29) is 17.6 Å². The molecule has 1 aromatic carbocycles. The Morgan fingerprint density at radius 1 is 1.11 bits per heavy atom. The van der Waals surface area contributed by atoms with Crippen LogP contribution in [0.3, 0.4) is 0 Å². The number of carbonyl (C=O) groups is 2. The first-order valence-electron chi connectivity index (χ1n) is 9.50. The van der Waals surface area contributed by atoms with Gasteiger partial charge in [-0.1, -0.05) is 18.2 Å². The fourth-order valence-electron chi connectivity index (χ4n) is 3.33. The van der Waals surface area contributed by atoms with Crippen molar-refractivity contribution in [3.63, 3.8) is 0 Å². The molecule has 28 heavy (non-hydrogen) atoms. The largest absolute Gasteiger partial charge is 0.478 e. The molecule has 1 aromatic heterocycles. The molecule has 0 radical (unpaired) electrons. The molecule has 148 valence electrons. The van der Waals surface area contributed by atoms with Crippen molar-refractivity contribution < 1.29 is 19.4 Å². The van der Waals surface area contributed by atoms with Gasteiger partial charge in [-0.25, -0.2) is 9.59 Å². The Balaban J connectivity index is 1.69. The molecule has 0 spiro atoms. The molecule has 1 amide bonds. The molecule has 0 bridgehead atoms. The lowest BCUT2D eigenvalue weighted by atomic mass is 9.94. The summed E-state index contributed by atoms with van der Waals surface area (Å²) in [6.07, 6.45) is 3.44. The van der Waals surface area contributed by atoms with Crippen molar-refractivity contribution in [2.75, 3.05) is 13.1 Å². The Bertz CT molecular complexity index is 838. The highest BCUT2D eigenvalue weighted by Crippen LogP contribution is 2.28. The normalized spacial score (nSPS) is 17.2. The molecule has 1 atom stereocenters. The molecule has 0 saturated carbocycles. The zero-order valence-corrected chi connectivity index (χ0v) is 16.5. The molecular weight excluding hydrogens is 356 g/mol. The van der Waals surface area contributed by atoms with Crippen molar-refractivity contribution in [1.82, 2.24) is 9.88 Å². The fraction of sp³-hybridized carbons (Fsp3) is 0.409. The van der Waals surface area contributed by atoms with Crippen LogP contribution in [0.1, 0.15) is 55.6 Å². The summed E-state index contributed by atoms with van der Waals surface area (Å²) in [7, 11) is 0. The maximum Gasteiger partial charge on any atom is 0.410 e. The van der Waals surface area contributed by atoms with Gasteiger partial charge in [0.1, 0.15) is 5.60 Å². The standard InChI is InChI=1S/C22H26N2O4/c1-22(2,3)28-21(27)24-12-4-5-18(14-24)19-11-10-17(13-23-19)15-6-8-16(9-7-15)20(25)26/h6-11,13,18H,4-5,12,14H2,1-3H3,(H,25,26)/t18-/m1/s1.